The molecule has 1 fully saturated rings. The maximum Gasteiger partial charge on any atom is 0.170 e. The van der Waals surface area contributed by atoms with Crippen LogP contribution in [0, 0.1) is 34.6 Å². The van der Waals surface area contributed by atoms with Crippen molar-refractivity contribution in [2.75, 3.05) is 0 Å². The summed E-state index contributed by atoms with van der Waals surface area (Å²) in [6.07, 6.45) is 5.57. The minimum atomic E-state index is -0.0467. The molecule has 1 aliphatic rings. The number of thiocarbonyl (C=S) groups is 1. The van der Waals surface area contributed by atoms with Crippen molar-refractivity contribution in [3.05, 3.63) is 112 Å². The molecule has 2 atom stereocenters. The van der Waals surface area contributed by atoms with Gasteiger partial charge < -0.3 is 14.8 Å². The Morgan fingerprint density at radius 3 is 2.37 bits per heavy atom. The lowest BCUT2D eigenvalue weighted by molar-refractivity contribution is 0.310. The average molecular weight is 482 g/mol. The molecule has 0 spiro atoms. The molecule has 0 unspecified atom stereocenters. The number of nitrogens with zero attached hydrogens (tertiary/aromatic N) is 4. The highest BCUT2D eigenvalue weighted by atomic mass is 32.1. The van der Waals surface area contributed by atoms with E-state index in [1.165, 1.54) is 39.3 Å². The molecule has 3 aromatic heterocycles. The van der Waals surface area contributed by atoms with E-state index in [9.17, 15) is 0 Å². The van der Waals surface area contributed by atoms with E-state index in [2.05, 4.69) is 84.7 Å². The van der Waals surface area contributed by atoms with Gasteiger partial charge >= 0.3 is 0 Å². The highest BCUT2D eigenvalue weighted by molar-refractivity contribution is 7.80. The monoisotopic (exact) mass is 481 g/mol. The number of aryl methyl sites for hydroxylation is 4. The van der Waals surface area contributed by atoms with Gasteiger partial charge in [-0.05, 0) is 93.4 Å². The Hall–Kier alpha value is -3.51. The molecular formula is C29H31N5S. The van der Waals surface area contributed by atoms with Crippen LogP contribution in [0.3, 0.4) is 0 Å². The van der Waals surface area contributed by atoms with Crippen LogP contribution in [0.25, 0.3) is 5.69 Å². The van der Waals surface area contributed by atoms with Gasteiger partial charge in [-0.1, -0.05) is 29.8 Å². The van der Waals surface area contributed by atoms with Gasteiger partial charge in [-0.2, -0.15) is 0 Å². The number of aromatic nitrogens is 3. The normalized spacial score (nSPS) is 17.6. The summed E-state index contributed by atoms with van der Waals surface area (Å²) in [5.74, 6) is 0. The van der Waals surface area contributed by atoms with E-state index >= 15 is 0 Å². The predicted molar refractivity (Wildman–Crippen MR) is 145 cm³/mol. The van der Waals surface area contributed by atoms with Crippen molar-refractivity contribution >= 4 is 17.3 Å². The van der Waals surface area contributed by atoms with Crippen molar-refractivity contribution < 1.29 is 0 Å². The van der Waals surface area contributed by atoms with Gasteiger partial charge in [0.15, 0.2) is 5.11 Å². The Kier molecular flexibility index (Phi) is 6.15. The molecule has 4 aromatic rings. The van der Waals surface area contributed by atoms with Crippen LogP contribution in [-0.2, 0) is 6.54 Å². The Morgan fingerprint density at radius 2 is 1.71 bits per heavy atom. The Labute approximate surface area is 212 Å². The Balaban J connectivity index is 1.65. The van der Waals surface area contributed by atoms with Gasteiger partial charge in [-0.3, -0.25) is 9.97 Å². The zero-order valence-corrected chi connectivity index (χ0v) is 21.7. The molecule has 1 N–H and O–H groups in total. The third-order valence-corrected chi connectivity index (χ3v) is 7.27. The number of hydrogen-bond donors (Lipinski definition) is 1. The molecule has 178 valence electrons. The fraction of sp³-hybridized carbons (Fsp3) is 0.276. The van der Waals surface area contributed by atoms with Gasteiger partial charge in [-0.25, -0.2) is 0 Å². The molecule has 1 aromatic carbocycles. The summed E-state index contributed by atoms with van der Waals surface area (Å²) in [6.45, 7) is 11.7. The molecule has 0 amide bonds. The van der Waals surface area contributed by atoms with Crippen LogP contribution in [0.15, 0.2) is 67.1 Å². The van der Waals surface area contributed by atoms with Gasteiger partial charge in [0.05, 0.1) is 23.5 Å². The largest absolute Gasteiger partial charge is 0.352 e. The standard InChI is InChI=1S/C29H31N5S/c1-18-13-19(2)27(20(3)14-18)34-21(4)15-24(22(34)5)28-26(25-10-6-7-12-31-25)32-29(35)33(28)17-23-9-8-11-30-16-23/h6-16,26,28H,17H2,1-5H3,(H,32,35)/t26-,28-/m1/s1. The van der Waals surface area contributed by atoms with Crippen molar-refractivity contribution in [1.82, 2.24) is 24.8 Å². The quantitative estimate of drug-likeness (QED) is 0.355. The van der Waals surface area contributed by atoms with E-state index in [1.807, 2.05) is 30.6 Å². The van der Waals surface area contributed by atoms with Crippen LogP contribution in [0.2, 0.25) is 0 Å². The number of benzene rings is 1. The lowest BCUT2D eigenvalue weighted by Crippen LogP contribution is -2.29. The SMILES string of the molecule is Cc1cc(C)c(-n2c(C)cc([C@@H]3[C@@H](c4ccccn4)NC(=S)N3Cc3cccnc3)c2C)c(C)c1. The van der Waals surface area contributed by atoms with Gasteiger partial charge in [0, 0.05) is 36.5 Å². The first-order valence-electron chi connectivity index (χ1n) is 12.0. The second-order valence-electron chi connectivity index (χ2n) is 9.52. The fourth-order valence-corrected chi connectivity index (χ4v) is 5.86. The van der Waals surface area contributed by atoms with E-state index in [1.54, 1.807) is 6.20 Å². The second-order valence-corrected chi connectivity index (χ2v) is 9.91. The van der Waals surface area contributed by atoms with Crippen molar-refractivity contribution in [2.24, 2.45) is 0 Å². The number of pyridine rings is 2. The van der Waals surface area contributed by atoms with Crippen LogP contribution in [0.4, 0.5) is 0 Å². The maximum atomic E-state index is 5.89. The molecule has 4 heterocycles. The first kappa shape index (κ1) is 23.2. The van der Waals surface area contributed by atoms with E-state index in [0.29, 0.717) is 6.54 Å². The zero-order chi connectivity index (χ0) is 24.7. The molecule has 35 heavy (non-hydrogen) atoms. The van der Waals surface area contributed by atoms with Crippen molar-refractivity contribution in [2.45, 2.75) is 53.2 Å². The predicted octanol–water partition coefficient (Wildman–Crippen LogP) is 5.98. The van der Waals surface area contributed by atoms with E-state index in [0.717, 1.165) is 16.4 Å². The average Bonchev–Trinajstić information content (AvgIpc) is 3.30. The summed E-state index contributed by atoms with van der Waals surface area (Å²) >= 11 is 5.89. The molecule has 0 saturated carbocycles. The topological polar surface area (TPSA) is 46.0 Å². The Bertz CT molecular complexity index is 1350. The first-order valence-corrected chi connectivity index (χ1v) is 12.4. The van der Waals surface area contributed by atoms with Crippen molar-refractivity contribution in [3.8, 4) is 5.69 Å². The van der Waals surface area contributed by atoms with Gasteiger partial charge in [0.25, 0.3) is 0 Å². The summed E-state index contributed by atoms with van der Waals surface area (Å²) in [5, 5.41) is 4.32. The summed E-state index contributed by atoms with van der Waals surface area (Å²) in [5.41, 5.74) is 10.9. The first-order chi connectivity index (χ1) is 16.8. The smallest absolute Gasteiger partial charge is 0.170 e. The summed E-state index contributed by atoms with van der Waals surface area (Å²) in [7, 11) is 0. The third-order valence-electron chi connectivity index (χ3n) is 6.92. The second kappa shape index (κ2) is 9.27. The fourth-order valence-electron chi connectivity index (χ4n) is 5.56. The summed E-state index contributed by atoms with van der Waals surface area (Å²) < 4.78 is 2.40. The van der Waals surface area contributed by atoms with Crippen LogP contribution in [0.5, 0.6) is 0 Å². The molecule has 1 aliphatic heterocycles. The lowest BCUT2D eigenvalue weighted by Gasteiger charge is -2.28. The van der Waals surface area contributed by atoms with Crippen LogP contribution < -0.4 is 5.32 Å². The lowest BCUT2D eigenvalue weighted by atomic mass is 9.96. The van der Waals surface area contributed by atoms with Crippen molar-refractivity contribution in [1.29, 1.82) is 0 Å². The summed E-state index contributed by atoms with van der Waals surface area (Å²) in [4.78, 5) is 11.3. The molecule has 0 radical (unpaired) electrons. The van der Waals surface area contributed by atoms with Crippen LogP contribution in [0.1, 0.15) is 57.0 Å². The number of nitrogens with one attached hydrogen (secondary N) is 1. The molecule has 5 rings (SSSR count). The summed E-state index contributed by atoms with van der Waals surface area (Å²) in [6, 6.07) is 16.9. The minimum absolute atomic E-state index is 0.00335. The number of hydrogen-bond acceptors (Lipinski definition) is 3. The van der Waals surface area contributed by atoms with E-state index < -0.39 is 0 Å². The Morgan fingerprint density at radius 1 is 0.943 bits per heavy atom. The van der Waals surface area contributed by atoms with Crippen molar-refractivity contribution in [3.63, 3.8) is 0 Å². The van der Waals surface area contributed by atoms with Gasteiger partial charge in [0.2, 0.25) is 0 Å². The molecule has 0 bridgehead atoms. The third kappa shape index (κ3) is 4.23. The minimum Gasteiger partial charge on any atom is -0.352 e. The maximum absolute atomic E-state index is 5.89. The van der Waals surface area contributed by atoms with Gasteiger partial charge in [0.1, 0.15) is 0 Å². The highest BCUT2D eigenvalue weighted by Crippen LogP contribution is 2.42. The molecule has 5 nitrogen and oxygen atoms in total. The van der Waals surface area contributed by atoms with E-state index in [-0.39, 0.29) is 12.1 Å². The number of rotatable bonds is 5. The molecule has 0 aliphatic carbocycles. The molecule has 6 heteroatoms. The van der Waals surface area contributed by atoms with Crippen LogP contribution >= 0.6 is 12.2 Å². The molecular weight excluding hydrogens is 450 g/mol. The van der Waals surface area contributed by atoms with Gasteiger partial charge in [-0.15, -0.1) is 0 Å². The highest BCUT2D eigenvalue weighted by Gasteiger charge is 2.41. The van der Waals surface area contributed by atoms with Crippen LogP contribution in [-0.4, -0.2) is 24.5 Å². The molecule has 1 saturated heterocycles. The van der Waals surface area contributed by atoms with E-state index in [4.69, 9.17) is 17.2 Å². The zero-order valence-electron chi connectivity index (χ0n) is 20.9.